The molecule has 0 spiro atoms. The smallest absolute Gasteiger partial charge is 0.308 e. The van der Waals surface area contributed by atoms with Crippen molar-refractivity contribution in [2.45, 2.75) is 97.4 Å². The summed E-state index contributed by atoms with van der Waals surface area (Å²) in [6, 6.07) is 16.1. The molecule has 266 valence electrons. The van der Waals surface area contributed by atoms with Gasteiger partial charge in [0, 0.05) is 30.7 Å². The number of ether oxygens (including phenoxy) is 4. The standard InChI is InChI=1S/C39H48FN5O5/c1-25(2)35-32(19-18-30-22-31(49-39(6,7)48-30)23-34(46)50-38(3,4)5)36(27-12-14-28(40)15-13-27)43-37(42-35)45(33-20-21-41-44(33)8)24-26-10-16-29(47-9)17-11-26/h10-21,25,30-31H,22-24H2,1-9H3/t30-,31-/m1/s1. The van der Waals surface area contributed by atoms with E-state index in [2.05, 4.69) is 18.9 Å². The molecule has 0 amide bonds. The molecule has 4 aromatic rings. The van der Waals surface area contributed by atoms with Crippen LogP contribution in [0.3, 0.4) is 0 Å². The number of methoxy groups -OCH3 is 1. The van der Waals surface area contributed by atoms with E-state index < -0.39 is 17.5 Å². The van der Waals surface area contributed by atoms with Crippen LogP contribution in [0, 0.1) is 5.82 Å². The van der Waals surface area contributed by atoms with Crippen LogP contribution in [0.25, 0.3) is 17.3 Å². The number of carbonyl (C=O) groups excluding carboxylic acids is 1. The zero-order valence-corrected chi connectivity index (χ0v) is 30.4. The second kappa shape index (κ2) is 15.1. The first-order valence-corrected chi connectivity index (χ1v) is 16.9. The maximum Gasteiger partial charge on any atom is 0.308 e. The normalized spacial score (nSPS) is 17.7. The monoisotopic (exact) mass is 685 g/mol. The van der Waals surface area contributed by atoms with Crippen LogP contribution in [-0.2, 0) is 32.6 Å². The molecule has 1 fully saturated rings. The minimum Gasteiger partial charge on any atom is -0.497 e. The summed E-state index contributed by atoms with van der Waals surface area (Å²) in [4.78, 5) is 25.1. The fourth-order valence-corrected chi connectivity index (χ4v) is 5.99. The summed E-state index contributed by atoms with van der Waals surface area (Å²) >= 11 is 0. The number of aromatic nitrogens is 4. The number of aryl methyl sites for hydroxylation is 1. The van der Waals surface area contributed by atoms with E-state index in [1.54, 1.807) is 30.1 Å². The molecule has 2 aromatic carbocycles. The summed E-state index contributed by atoms with van der Waals surface area (Å²) in [5.74, 6) is 0.461. The topological polar surface area (TPSA) is 101 Å². The summed E-state index contributed by atoms with van der Waals surface area (Å²) in [5.41, 5.74) is 3.42. The van der Waals surface area contributed by atoms with Gasteiger partial charge in [-0.2, -0.15) is 5.10 Å². The number of nitrogens with zero attached hydrogens (tertiary/aromatic N) is 5. The van der Waals surface area contributed by atoms with E-state index in [1.165, 1.54) is 12.1 Å². The van der Waals surface area contributed by atoms with Crippen LogP contribution in [0.1, 0.15) is 84.0 Å². The molecule has 1 aliphatic rings. The summed E-state index contributed by atoms with van der Waals surface area (Å²) in [5, 5.41) is 4.43. The highest BCUT2D eigenvalue weighted by Crippen LogP contribution is 2.36. The Morgan fingerprint density at radius 1 is 1.08 bits per heavy atom. The Morgan fingerprint density at radius 2 is 1.78 bits per heavy atom. The first kappa shape index (κ1) is 36.7. The van der Waals surface area contributed by atoms with Crippen molar-refractivity contribution in [1.82, 2.24) is 19.7 Å². The lowest BCUT2D eigenvalue weighted by Crippen LogP contribution is -2.45. The molecule has 10 nitrogen and oxygen atoms in total. The lowest BCUT2D eigenvalue weighted by atomic mass is 9.96. The van der Waals surface area contributed by atoms with Crippen molar-refractivity contribution >= 4 is 23.8 Å². The highest BCUT2D eigenvalue weighted by Gasteiger charge is 2.36. The van der Waals surface area contributed by atoms with Crippen LogP contribution < -0.4 is 9.64 Å². The third-order valence-corrected chi connectivity index (χ3v) is 8.11. The Hall–Kier alpha value is -4.61. The molecule has 50 heavy (non-hydrogen) atoms. The number of halogens is 1. The van der Waals surface area contributed by atoms with Gasteiger partial charge in [-0.1, -0.05) is 38.1 Å². The Bertz CT molecular complexity index is 1800. The Morgan fingerprint density at radius 3 is 2.38 bits per heavy atom. The molecular weight excluding hydrogens is 637 g/mol. The van der Waals surface area contributed by atoms with Crippen LogP contribution in [0.15, 0.2) is 66.9 Å². The van der Waals surface area contributed by atoms with Gasteiger partial charge < -0.3 is 18.9 Å². The van der Waals surface area contributed by atoms with Gasteiger partial charge >= 0.3 is 5.97 Å². The van der Waals surface area contributed by atoms with Gasteiger partial charge in [0.05, 0.1) is 49.9 Å². The van der Waals surface area contributed by atoms with Crippen molar-refractivity contribution < 1.29 is 28.1 Å². The minimum atomic E-state index is -0.925. The number of anilines is 2. The maximum atomic E-state index is 14.2. The number of esters is 1. The summed E-state index contributed by atoms with van der Waals surface area (Å²) in [6.45, 7) is 13.8. The molecule has 1 saturated heterocycles. The van der Waals surface area contributed by atoms with Crippen molar-refractivity contribution in [3.05, 3.63) is 89.5 Å². The highest BCUT2D eigenvalue weighted by atomic mass is 19.1. The fourth-order valence-electron chi connectivity index (χ4n) is 5.99. The Labute approximate surface area is 294 Å². The van der Waals surface area contributed by atoms with E-state index in [1.807, 2.05) is 89.1 Å². The van der Waals surface area contributed by atoms with E-state index in [-0.39, 0.29) is 30.2 Å². The van der Waals surface area contributed by atoms with Gasteiger partial charge in [-0.05, 0) is 82.5 Å². The number of rotatable bonds is 11. The lowest BCUT2D eigenvalue weighted by molar-refractivity contribution is -0.290. The van der Waals surface area contributed by atoms with Gasteiger partial charge in [0.1, 0.15) is 23.0 Å². The molecule has 2 aromatic heterocycles. The third kappa shape index (κ3) is 9.34. The van der Waals surface area contributed by atoms with Crippen LogP contribution in [-0.4, -0.2) is 56.4 Å². The van der Waals surface area contributed by atoms with E-state index in [0.29, 0.717) is 24.6 Å². The molecule has 5 rings (SSSR count). The molecule has 11 heteroatoms. The second-order valence-electron chi connectivity index (χ2n) is 14.3. The summed E-state index contributed by atoms with van der Waals surface area (Å²) in [6.07, 6.45) is 5.50. The number of carbonyl (C=O) groups is 1. The van der Waals surface area contributed by atoms with Crippen molar-refractivity contribution in [3.8, 4) is 17.0 Å². The predicted molar refractivity (Wildman–Crippen MR) is 191 cm³/mol. The van der Waals surface area contributed by atoms with Gasteiger partial charge in [0.25, 0.3) is 0 Å². The average molecular weight is 686 g/mol. The molecule has 3 heterocycles. The third-order valence-electron chi connectivity index (χ3n) is 8.11. The molecule has 1 aliphatic heterocycles. The molecule has 0 saturated carbocycles. The molecular formula is C39H48FN5O5. The van der Waals surface area contributed by atoms with Crippen molar-refractivity contribution in [1.29, 1.82) is 0 Å². The van der Waals surface area contributed by atoms with Crippen LogP contribution >= 0.6 is 0 Å². The van der Waals surface area contributed by atoms with Crippen molar-refractivity contribution in [2.24, 2.45) is 7.05 Å². The van der Waals surface area contributed by atoms with Crippen LogP contribution in [0.5, 0.6) is 5.75 Å². The van der Waals surface area contributed by atoms with Gasteiger partial charge in [0.15, 0.2) is 5.79 Å². The SMILES string of the molecule is COc1ccc(CN(c2nc(-c3ccc(F)cc3)c(C=C[C@@H]3C[C@H](CC(=O)OC(C)(C)C)OC(C)(C)O3)c(C(C)C)n2)c2ccnn2C)cc1. The lowest BCUT2D eigenvalue weighted by Gasteiger charge is -2.39. The van der Waals surface area contributed by atoms with Gasteiger partial charge in [-0.25, -0.2) is 14.4 Å². The molecule has 0 unspecified atom stereocenters. The quantitative estimate of drug-likeness (QED) is 0.145. The summed E-state index contributed by atoms with van der Waals surface area (Å²) < 4.78 is 39.3. The van der Waals surface area contributed by atoms with Crippen molar-refractivity contribution in [3.63, 3.8) is 0 Å². The van der Waals surface area contributed by atoms with E-state index >= 15 is 0 Å². The maximum absolute atomic E-state index is 14.2. The molecule has 0 N–H and O–H groups in total. The van der Waals surface area contributed by atoms with E-state index in [0.717, 1.165) is 34.0 Å². The second-order valence-corrected chi connectivity index (χ2v) is 14.3. The zero-order valence-electron chi connectivity index (χ0n) is 30.4. The average Bonchev–Trinajstić information content (AvgIpc) is 3.46. The largest absolute Gasteiger partial charge is 0.497 e. The van der Waals surface area contributed by atoms with Crippen LogP contribution in [0.2, 0.25) is 0 Å². The predicted octanol–water partition coefficient (Wildman–Crippen LogP) is 8.14. The summed E-state index contributed by atoms with van der Waals surface area (Å²) in [7, 11) is 3.52. The molecule has 0 aliphatic carbocycles. The molecule has 0 radical (unpaired) electrons. The van der Waals surface area contributed by atoms with Gasteiger partial charge in [-0.3, -0.25) is 14.4 Å². The van der Waals surface area contributed by atoms with E-state index in [9.17, 15) is 9.18 Å². The minimum absolute atomic E-state index is 0.00284. The van der Waals surface area contributed by atoms with Gasteiger partial charge in [-0.15, -0.1) is 0 Å². The van der Waals surface area contributed by atoms with E-state index in [4.69, 9.17) is 28.9 Å². The van der Waals surface area contributed by atoms with Gasteiger partial charge in [0.2, 0.25) is 5.95 Å². The Balaban J connectivity index is 1.57. The van der Waals surface area contributed by atoms with Crippen LogP contribution in [0.4, 0.5) is 16.2 Å². The van der Waals surface area contributed by atoms with Crippen molar-refractivity contribution in [2.75, 3.05) is 12.0 Å². The molecule has 0 bridgehead atoms. The molecule has 2 atom stereocenters. The number of benzene rings is 2. The zero-order chi connectivity index (χ0) is 36.2. The number of hydrogen-bond acceptors (Lipinski definition) is 9. The fraction of sp³-hybridized carbons (Fsp3) is 0.436. The first-order chi connectivity index (χ1) is 23.6. The Kier molecular flexibility index (Phi) is 11.1. The highest BCUT2D eigenvalue weighted by molar-refractivity contribution is 5.75. The first-order valence-electron chi connectivity index (χ1n) is 16.9. The number of hydrogen-bond donors (Lipinski definition) is 0.